The number of ketones is 1. The van der Waals surface area contributed by atoms with E-state index in [0.717, 1.165) is 5.56 Å². The van der Waals surface area contributed by atoms with E-state index in [9.17, 15) is 20.1 Å². The number of aromatic hydroxyl groups is 2. The number of hydrogen-bond acceptors (Lipinski definition) is 7. The molecular weight excluding hydrogens is 364 g/mol. The third kappa shape index (κ3) is 4.37. The zero-order valence-corrected chi connectivity index (χ0v) is 15.8. The Morgan fingerprint density at radius 1 is 1.04 bits per heavy atom. The number of phenolic OH excluding ortho intramolecular Hbond substituents is 2. The maximum Gasteiger partial charge on any atom is 0.165 e. The Bertz CT molecular complexity index is 849. The molecule has 0 saturated carbocycles. The van der Waals surface area contributed by atoms with Crippen molar-refractivity contribution < 1.29 is 34.3 Å². The molecule has 1 heterocycles. The van der Waals surface area contributed by atoms with Gasteiger partial charge in [-0.2, -0.15) is 0 Å². The Hall–Kier alpha value is -2.77. The molecule has 3 atom stereocenters. The number of ether oxygens (including phenoxy) is 3. The van der Waals surface area contributed by atoms with Crippen molar-refractivity contribution in [3.8, 4) is 23.0 Å². The summed E-state index contributed by atoms with van der Waals surface area (Å²) in [5.74, 6) is 0.370. The van der Waals surface area contributed by atoms with Crippen molar-refractivity contribution in [1.29, 1.82) is 0 Å². The predicted octanol–water partition coefficient (Wildman–Crippen LogP) is 2.97. The lowest BCUT2D eigenvalue weighted by atomic mass is 9.93. The fourth-order valence-corrected chi connectivity index (χ4v) is 3.41. The maximum absolute atomic E-state index is 12.6. The van der Waals surface area contributed by atoms with Crippen LogP contribution < -0.4 is 9.47 Å². The average Bonchev–Trinajstić information content (AvgIpc) is 2.68. The zero-order chi connectivity index (χ0) is 20.3. The second-order valence-corrected chi connectivity index (χ2v) is 6.82. The minimum Gasteiger partial charge on any atom is -0.504 e. The number of carbonyl (C=O) groups is 1. The second kappa shape index (κ2) is 8.50. The lowest BCUT2D eigenvalue weighted by Gasteiger charge is -2.33. The van der Waals surface area contributed by atoms with Gasteiger partial charge in [-0.25, -0.2) is 0 Å². The maximum atomic E-state index is 12.6. The molecule has 28 heavy (non-hydrogen) atoms. The van der Waals surface area contributed by atoms with Gasteiger partial charge in [0.05, 0.1) is 32.5 Å². The number of carbonyl (C=O) groups excluding carboxylic acids is 1. The molecule has 2 aromatic carbocycles. The molecule has 3 rings (SSSR count). The number of hydrogen-bond donors (Lipinski definition) is 3. The van der Waals surface area contributed by atoms with Gasteiger partial charge >= 0.3 is 0 Å². The number of methoxy groups -OCH3 is 2. The smallest absolute Gasteiger partial charge is 0.165 e. The normalized spacial score (nSPS) is 21.9. The first-order chi connectivity index (χ1) is 13.4. The summed E-state index contributed by atoms with van der Waals surface area (Å²) in [5.41, 5.74) is 1.17. The van der Waals surface area contributed by atoms with Crippen LogP contribution in [0.1, 0.15) is 41.3 Å². The summed E-state index contributed by atoms with van der Waals surface area (Å²) in [6.45, 7) is 0. The van der Waals surface area contributed by atoms with E-state index in [1.54, 1.807) is 12.1 Å². The molecule has 0 amide bonds. The molecule has 3 N–H and O–H groups in total. The Kier molecular flexibility index (Phi) is 6.06. The van der Waals surface area contributed by atoms with Crippen molar-refractivity contribution in [2.45, 2.75) is 37.6 Å². The highest BCUT2D eigenvalue weighted by Gasteiger charge is 2.31. The summed E-state index contributed by atoms with van der Waals surface area (Å²) in [5, 5.41) is 29.7. The van der Waals surface area contributed by atoms with Gasteiger partial charge in [0.15, 0.2) is 28.8 Å². The molecule has 0 aliphatic carbocycles. The molecule has 150 valence electrons. The molecule has 0 radical (unpaired) electrons. The van der Waals surface area contributed by atoms with Gasteiger partial charge in [-0.05, 0) is 35.9 Å². The summed E-state index contributed by atoms with van der Waals surface area (Å²) < 4.78 is 16.2. The van der Waals surface area contributed by atoms with Crippen LogP contribution in [0.15, 0.2) is 36.4 Å². The molecule has 7 heteroatoms. The minimum absolute atomic E-state index is 0.0237. The Balaban J connectivity index is 1.73. The Morgan fingerprint density at radius 3 is 2.36 bits per heavy atom. The van der Waals surface area contributed by atoms with Crippen LogP contribution in [0.4, 0.5) is 0 Å². The summed E-state index contributed by atoms with van der Waals surface area (Å²) in [4.78, 5) is 12.6. The van der Waals surface area contributed by atoms with Crippen molar-refractivity contribution in [3.63, 3.8) is 0 Å². The van der Waals surface area contributed by atoms with Gasteiger partial charge in [0.25, 0.3) is 0 Å². The summed E-state index contributed by atoms with van der Waals surface area (Å²) >= 11 is 0. The SMILES string of the molecule is COc1cc(C(=O)C[C@H]2C[C@@H](O)C[C@@H](c3ccc(O)c(OC)c3)O2)ccc1O. The van der Waals surface area contributed by atoms with Crippen LogP contribution in [0.3, 0.4) is 0 Å². The van der Waals surface area contributed by atoms with Gasteiger partial charge in [0, 0.05) is 24.8 Å². The monoisotopic (exact) mass is 388 g/mol. The number of benzene rings is 2. The molecule has 2 aromatic rings. The van der Waals surface area contributed by atoms with Gasteiger partial charge in [-0.3, -0.25) is 4.79 Å². The lowest BCUT2D eigenvalue weighted by Crippen LogP contribution is -2.32. The number of aliphatic hydroxyl groups excluding tert-OH is 1. The molecule has 0 spiro atoms. The van der Waals surface area contributed by atoms with Crippen LogP contribution in [0, 0.1) is 0 Å². The molecule has 1 aliphatic heterocycles. The van der Waals surface area contributed by atoms with Gasteiger partial charge in [0.1, 0.15) is 0 Å². The third-order valence-corrected chi connectivity index (χ3v) is 4.87. The highest BCUT2D eigenvalue weighted by atomic mass is 16.5. The van der Waals surface area contributed by atoms with Crippen LogP contribution in [-0.4, -0.2) is 47.5 Å². The molecule has 0 unspecified atom stereocenters. The number of phenols is 2. The highest BCUT2D eigenvalue weighted by molar-refractivity contribution is 5.97. The fourth-order valence-electron chi connectivity index (χ4n) is 3.41. The molecule has 1 saturated heterocycles. The van der Waals surface area contributed by atoms with E-state index in [1.165, 1.54) is 38.5 Å². The number of rotatable bonds is 6. The van der Waals surface area contributed by atoms with Gasteiger partial charge < -0.3 is 29.5 Å². The zero-order valence-electron chi connectivity index (χ0n) is 15.8. The van der Waals surface area contributed by atoms with Crippen LogP contribution >= 0.6 is 0 Å². The molecule has 7 nitrogen and oxygen atoms in total. The summed E-state index contributed by atoms with van der Waals surface area (Å²) in [6.07, 6.45) is -0.633. The second-order valence-electron chi connectivity index (χ2n) is 6.82. The first-order valence-electron chi connectivity index (χ1n) is 9.02. The van der Waals surface area contributed by atoms with E-state index in [0.29, 0.717) is 24.2 Å². The first kappa shape index (κ1) is 20.0. The molecule has 0 aromatic heterocycles. The van der Waals surface area contributed by atoms with Gasteiger partial charge in [0.2, 0.25) is 0 Å². The van der Waals surface area contributed by atoms with Crippen molar-refractivity contribution in [3.05, 3.63) is 47.5 Å². The quantitative estimate of drug-likeness (QED) is 0.653. The van der Waals surface area contributed by atoms with Crippen molar-refractivity contribution in [1.82, 2.24) is 0 Å². The van der Waals surface area contributed by atoms with Crippen LogP contribution in [0.5, 0.6) is 23.0 Å². The lowest BCUT2D eigenvalue weighted by molar-refractivity contribution is -0.0962. The Labute approximate surface area is 163 Å². The largest absolute Gasteiger partial charge is 0.504 e. The van der Waals surface area contributed by atoms with Crippen molar-refractivity contribution in [2.24, 2.45) is 0 Å². The molecular formula is C21H24O7. The summed E-state index contributed by atoms with van der Waals surface area (Å²) in [6, 6.07) is 9.32. The van der Waals surface area contributed by atoms with Crippen LogP contribution in [0.25, 0.3) is 0 Å². The predicted molar refractivity (Wildman–Crippen MR) is 101 cm³/mol. The standard InChI is InChI=1S/C21H24O7/c1-26-20-7-12(3-5-16(20)23)18(25)11-15-9-14(22)10-19(28-15)13-4-6-17(24)21(8-13)27-2/h3-8,14-15,19,22-24H,9-11H2,1-2H3/t14-,15-,19+/m1/s1. The van der Waals surface area contributed by atoms with E-state index in [4.69, 9.17) is 14.2 Å². The fraction of sp³-hybridized carbons (Fsp3) is 0.381. The average molecular weight is 388 g/mol. The van der Waals surface area contributed by atoms with Crippen molar-refractivity contribution >= 4 is 5.78 Å². The van der Waals surface area contributed by atoms with Crippen molar-refractivity contribution in [2.75, 3.05) is 14.2 Å². The van der Waals surface area contributed by atoms with E-state index in [2.05, 4.69) is 0 Å². The topological polar surface area (TPSA) is 105 Å². The van der Waals surface area contributed by atoms with E-state index >= 15 is 0 Å². The highest BCUT2D eigenvalue weighted by Crippen LogP contribution is 2.37. The first-order valence-corrected chi connectivity index (χ1v) is 9.02. The molecule has 1 fully saturated rings. The van der Waals surface area contributed by atoms with Gasteiger partial charge in [-0.15, -0.1) is 0 Å². The third-order valence-electron chi connectivity index (χ3n) is 4.87. The van der Waals surface area contributed by atoms with E-state index in [-0.39, 0.29) is 29.5 Å². The Morgan fingerprint density at radius 2 is 1.68 bits per heavy atom. The van der Waals surface area contributed by atoms with Gasteiger partial charge in [-0.1, -0.05) is 6.07 Å². The molecule has 0 bridgehead atoms. The van der Waals surface area contributed by atoms with E-state index < -0.39 is 18.3 Å². The van der Waals surface area contributed by atoms with Crippen LogP contribution in [-0.2, 0) is 4.74 Å². The minimum atomic E-state index is -0.606. The number of aliphatic hydroxyl groups is 1. The van der Waals surface area contributed by atoms with E-state index in [1.807, 2.05) is 0 Å². The number of Topliss-reactive ketones (excluding diaryl/α,β-unsaturated/α-hetero) is 1. The molecule has 1 aliphatic rings. The summed E-state index contributed by atoms with van der Waals surface area (Å²) in [7, 11) is 2.88. The van der Waals surface area contributed by atoms with Crippen LogP contribution in [0.2, 0.25) is 0 Å².